The van der Waals surface area contributed by atoms with Crippen LogP contribution < -0.4 is 24.0 Å². The van der Waals surface area contributed by atoms with Crippen molar-refractivity contribution < 1.29 is 24.0 Å². The summed E-state index contributed by atoms with van der Waals surface area (Å²) in [6, 6.07) is 0. The van der Waals surface area contributed by atoms with Crippen LogP contribution in [-0.4, -0.2) is 0 Å². The summed E-state index contributed by atoms with van der Waals surface area (Å²) in [5.74, 6) is 2.77. The van der Waals surface area contributed by atoms with Crippen LogP contribution in [0, 0.1) is 17.9 Å². The van der Waals surface area contributed by atoms with Crippen LogP contribution >= 0.6 is 0 Å². The average molecular weight is 104 g/mol. The molecule has 0 N–H and O–H groups in total. The van der Waals surface area contributed by atoms with Crippen LogP contribution in [0.4, 0.5) is 0 Å². The van der Waals surface area contributed by atoms with Crippen molar-refractivity contribution in [2.75, 3.05) is 0 Å². The van der Waals surface area contributed by atoms with Crippen LogP contribution in [-0.2, 0) is 0 Å². The first-order valence-electron chi connectivity index (χ1n) is 2.44. The molecule has 40 valence electrons. The molecular formula is C6H9LiO. The second-order valence-electron chi connectivity index (χ2n) is 1.56. The molecule has 0 aromatic carbocycles. The Hall–Kier alpha value is -0.0426. The quantitative estimate of drug-likeness (QED) is 0.263. The van der Waals surface area contributed by atoms with Crippen molar-refractivity contribution in [3.63, 3.8) is 0 Å². The predicted octanol–water partition coefficient (Wildman–Crippen LogP) is -2.64. The monoisotopic (exact) mass is 104 g/mol. The van der Waals surface area contributed by atoms with E-state index >= 15 is 0 Å². The van der Waals surface area contributed by atoms with Crippen molar-refractivity contribution in [3.05, 3.63) is 0 Å². The Morgan fingerprint density at radius 3 is 2.25 bits per heavy atom. The van der Waals surface area contributed by atoms with Gasteiger partial charge in [0, 0.05) is 5.92 Å². The summed E-state index contributed by atoms with van der Waals surface area (Å²) in [6.45, 7) is 3.94. The van der Waals surface area contributed by atoms with Crippen LogP contribution in [0.25, 0.3) is 0 Å². The summed E-state index contributed by atoms with van der Waals surface area (Å²) in [5.41, 5.74) is 0. The largest absolute Gasteiger partial charge is 1.00 e. The van der Waals surface area contributed by atoms with Gasteiger partial charge in [-0.05, 0) is 6.42 Å². The topological polar surface area (TPSA) is 23.1 Å². The number of hydrogen-bond donors (Lipinski definition) is 0. The molecule has 8 heavy (non-hydrogen) atoms. The van der Waals surface area contributed by atoms with E-state index in [-0.39, 0.29) is 24.8 Å². The van der Waals surface area contributed by atoms with E-state index in [9.17, 15) is 5.11 Å². The Morgan fingerprint density at radius 1 is 1.62 bits per heavy atom. The molecule has 0 aromatic rings. The first kappa shape index (κ1) is 10.9. The molecule has 0 aliphatic rings. The van der Waals surface area contributed by atoms with Crippen LogP contribution in [0.5, 0.6) is 0 Å². The first-order valence-corrected chi connectivity index (χ1v) is 2.44. The second-order valence-corrected chi connectivity index (χ2v) is 1.56. The Morgan fingerprint density at radius 2 is 2.12 bits per heavy atom. The standard InChI is InChI=1S/C6H10O.Li/c1-3-6(2)4-5-7;/h6-7H,3H2,1-2H3;/q;+1/p-1. The molecule has 2 heteroatoms. The summed E-state index contributed by atoms with van der Waals surface area (Å²) in [4.78, 5) is 0. The van der Waals surface area contributed by atoms with Gasteiger partial charge in [0.05, 0.1) is 0 Å². The molecule has 1 nitrogen and oxygen atoms in total. The molecule has 1 unspecified atom stereocenters. The fraction of sp³-hybridized carbons (Fsp3) is 0.667. The van der Waals surface area contributed by atoms with E-state index in [1.807, 2.05) is 13.8 Å². The summed E-state index contributed by atoms with van der Waals surface area (Å²) >= 11 is 0. The summed E-state index contributed by atoms with van der Waals surface area (Å²) in [5, 5.41) is 9.54. The zero-order valence-corrected chi connectivity index (χ0v) is 5.69. The molecule has 0 aliphatic heterocycles. The fourth-order valence-corrected chi connectivity index (χ4v) is 0.203. The van der Waals surface area contributed by atoms with Crippen molar-refractivity contribution in [1.82, 2.24) is 0 Å². The number of rotatable bonds is 1. The average Bonchev–Trinajstić information content (AvgIpc) is 1.68. The van der Waals surface area contributed by atoms with Crippen molar-refractivity contribution in [2.24, 2.45) is 5.92 Å². The van der Waals surface area contributed by atoms with Crippen molar-refractivity contribution in [1.29, 1.82) is 0 Å². The van der Waals surface area contributed by atoms with Crippen molar-refractivity contribution in [3.8, 4) is 12.0 Å². The molecule has 1 atom stereocenters. The zero-order valence-electron chi connectivity index (χ0n) is 5.69. The van der Waals surface area contributed by atoms with Gasteiger partial charge in [0.1, 0.15) is 0 Å². The van der Waals surface area contributed by atoms with E-state index in [1.165, 1.54) is 0 Å². The second kappa shape index (κ2) is 6.96. The van der Waals surface area contributed by atoms with Crippen LogP contribution in [0.1, 0.15) is 20.3 Å². The maximum atomic E-state index is 9.54. The predicted molar refractivity (Wildman–Crippen MR) is 27.2 cm³/mol. The first-order chi connectivity index (χ1) is 3.31. The van der Waals surface area contributed by atoms with Gasteiger partial charge in [0.15, 0.2) is 0 Å². The third-order valence-corrected chi connectivity index (χ3v) is 0.918. The van der Waals surface area contributed by atoms with Crippen LogP contribution in [0.3, 0.4) is 0 Å². The molecule has 0 bridgehead atoms. The Labute approximate surface area is 62.7 Å². The van der Waals surface area contributed by atoms with E-state index in [4.69, 9.17) is 0 Å². The Balaban J connectivity index is 0. The molecular weight excluding hydrogens is 95.0 g/mol. The van der Waals surface area contributed by atoms with E-state index in [0.717, 1.165) is 6.42 Å². The van der Waals surface area contributed by atoms with Crippen molar-refractivity contribution >= 4 is 0 Å². The third-order valence-electron chi connectivity index (χ3n) is 0.918. The molecule has 0 radical (unpaired) electrons. The minimum Gasteiger partial charge on any atom is -0.833 e. The minimum atomic E-state index is 0. The van der Waals surface area contributed by atoms with E-state index < -0.39 is 0 Å². The maximum Gasteiger partial charge on any atom is 1.00 e. The Kier molecular flexibility index (Phi) is 9.44. The van der Waals surface area contributed by atoms with Gasteiger partial charge >= 0.3 is 18.9 Å². The molecule has 0 fully saturated rings. The minimum absolute atomic E-state index is 0. The SMILES string of the molecule is CCC(C)C#C[O-].[Li+]. The van der Waals surface area contributed by atoms with Gasteiger partial charge in [-0.15, -0.1) is 5.92 Å². The molecule has 0 amide bonds. The van der Waals surface area contributed by atoms with Crippen LogP contribution in [0.15, 0.2) is 0 Å². The number of hydrogen-bond acceptors (Lipinski definition) is 1. The maximum absolute atomic E-state index is 9.54. The van der Waals surface area contributed by atoms with Gasteiger partial charge in [-0.3, -0.25) is 0 Å². The van der Waals surface area contributed by atoms with E-state index in [0.29, 0.717) is 0 Å². The normalized spacial score (nSPS) is 10.2. The molecule has 0 aromatic heterocycles. The van der Waals surface area contributed by atoms with Gasteiger partial charge in [-0.1, -0.05) is 13.8 Å². The third kappa shape index (κ3) is 5.96. The molecule has 0 heterocycles. The van der Waals surface area contributed by atoms with Gasteiger partial charge in [-0.2, -0.15) is 6.11 Å². The molecule has 0 rings (SSSR count). The molecule has 0 saturated heterocycles. The summed E-state index contributed by atoms with van der Waals surface area (Å²) in [6.07, 6.45) is 2.59. The van der Waals surface area contributed by atoms with E-state index in [2.05, 4.69) is 5.92 Å². The zero-order chi connectivity index (χ0) is 5.70. The van der Waals surface area contributed by atoms with Gasteiger partial charge in [-0.25, -0.2) is 0 Å². The van der Waals surface area contributed by atoms with E-state index in [1.54, 1.807) is 6.11 Å². The molecule has 0 saturated carbocycles. The van der Waals surface area contributed by atoms with Gasteiger partial charge < -0.3 is 5.11 Å². The molecule has 0 spiro atoms. The van der Waals surface area contributed by atoms with Gasteiger partial charge in [0.2, 0.25) is 0 Å². The van der Waals surface area contributed by atoms with Crippen LogP contribution in [0.2, 0.25) is 0 Å². The fourth-order valence-electron chi connectivity index (χ4n) is 0.203. The molecule has 0 aliphatic carbocycles. The summed E-state index contributed by atoms with van der Waals surface area (Å²) < 4.78 is 0. The van der Waals surface area contributed by atoms with Crippen molar-refractivity contribution in [2.45, 2.75) is 20.3 Å². The van der Waals surface area contributed by atoms with Gasteiger partial charge in [0.25, 0.3) is 0 Å². The Bertz CT molecular complexity index is 90.4. The smallest absolute Gasteiger partial charge is 0.833 e. The summed E-state index contributed by atoms with van der Waals surface area (Å²) in [7, 11) is 0.